The SMILES string of the molecule is COCCN1C(=O)NC(=O)C2C(c3ccc(OC)cc3)C3=C(NC21)c1ccccc1C3=O. The summed E-state index contributed by atoms with van der Waals surface area (Å²) in [5, 5.41) is 5.84. The Labute approximate surface area is 185 Å². The number of hydrogen-bond acceptors (Lipinski definition) is 6. The lowest BCUT2D eigenvalue weighted by molar-refractivity contribution is -0.129. The van der Waals surface area contributed by atoms with Crippen molar-refractivity contribution >= 4 is 23.4 Å². The molecule has 0 saturated carbocycles. The van der Waals surface area contributed by atoms with Crippen LogP contribution in [0.3, 0.4) is 0 Å². The van der Waals surface area contributed by atoms with E-state index in [4.69, 9.17) is 9.47 Å². The summed E-state index contributed by atoms with van der Waals surface area (Å²) in [5.41, 5.74) is 3.42. The number of ether oxygens (including phenoxy) is 2. The molecule has 164 valence electrons. The summed E-state index contributed by atoms with van der Waals surface area (Å²) in [5.74, 6) is -1.04. The monoisotopic (exact) mass is 433 g/mol. The Balaban J connectivity index is 1.68. The Hall–Kier alpha value is -3.65. The third kappa shape index (κ3) is 2.98. The molecule has 0 radical (unpaired) electrons. The van der Waals surface area contributed by atoms with Crippen molar-refractivity contribution in [2.24, 2.45) is 5.92 Å². The summed E-state index contributed by atoms with van der Waals surface area (Å²) < 4.78 is 10.5. The van der Waals surface area contributed by atoms with Crippen molar-refractivity contribution in [1.82, 2.24) is 15.5 Å². The molecule has 0 aromatic heterocycles. The first kappa shape index (κ1) is 20.3. The molecule has 5 rings (SSSR count). The van der Waals surface area contributed by atoms with E-state index in [1.54, 1.807) is 25.2 Å². The molecule has 2 aromatic carbocycles. The number of nitrogens with zero attached hydrogens (tertiary/aromatic N) is 1. The van der Waals surface area contributed by atoms with E-state index in [0.717, 1.165) is 11.1 Å². The van der Waals surface area contributed by atoms with Gasteiger partial charge in [0.15, 0.2) is 5.78 Å². The predicted molar refractivity (Wildman–Crippen MR) is 116 cm³/mol. The smallest absolute Gasteiger partial charge is 0.325 e. The van der Waals surface area contributed by atoms with E-state index in [1.807, 2.05) is 42.5 Å². The van der Waals surface area contributed by atoms with Gasteiger partial charge in [-0.1, -0.05) is 36.4 Å². The number of allylic oxidation sites excluding steroid dienone is 1. The summed E-state index contributed by atoms with van der Waals surface area (Å²) in [7, 11) is 3.15. The minimum absolute atomic E-state index is 0.101. The number of ketones is 1. The molecule has 2 aliphatic heterocycles. The highest BCUT2D eigenvalue weighted by atomic mass is 16.5. The second-order valence-electron chi connectivity index (χ2n) is 8.01. The number of Topliss-reactive ketones (excluding diaryl/α,β-unsaturated/α-hetero) is 1. The number of hydrogen-bond donors (Lipinski definition) is 2. The first-order valence-electron chi connectivity index (χ1n) is 10.4. The molecule has 0 bridgehead atoms. The van der Waals surface area contributed by atoms with E-state index in [1.165, 1.54) is 0 Å². The average molecular weight is 433 g/mol. The van der Waals surface area contributed by atoms with E-state index in [9.17, 15) is 14.4 Å². The van der Waals surface area contributed by atoms with Crippen molar-refractivity contribution in [3.05, 3.63) is 70.8 Å². The maximum absolute atomic E-state index is 13.5. The number of fused-ring (bicyclic) bond motifs is 3. The summed E-state index contributed by atoms with van der Waals surface area (Å²) in [6.45, 7) is 0.623. The van der Waals surface area contributed by atoms with Crippen LogP contribution in [0, 0.1) is 5.92 Å². The summed E-state index contributed by atoms with van der Waals surface area (Å²) in [6.07, 6.45) is -0.615. The molecule has 3 amide bonds. The van der Waals surface area contributed by atoms with Gasteiger partial charge in [-0.15, -0.1) is 0 Å². The van der Waals surface area contributed by atoms with Gasteiger partial charge in [0.25, 0.3) is 0 Å². The van der Waals surface area contributed by atoms with E-state index in [2.05, 4.69) is 10.6 Å². The Kier molecular flexibility index (Phi) is 4.94. The van der Waals surface area contributed by atoms with Gasteiger partial charge in [-0.05, 0) is 17.7 Å². The van der Waals surface area contributed by atoms with Crippen molar-refractivity contribution in [1.29, 1.82) is 0 Å². The van der Waals surface area contributed by atoms with Crippen molar-refractivity contribution in [3.8, 4) is 5.75 Å². The molecule has 8 heteroatoms. The highest BCUT2D eigenvalue weighted by Crippen LogP contribution is 2.48. The van der Waals surface area contributed by atoms with Crippen LogP contribution in [-0.2, 0) is 9.53 Å². The fourth-order valence-electron chi connectivity index (χ4n) is 4.92. The van der Waals surface area contributed by atoms with Gasteiger partial charge in [0.05, 0.1) is 25.3 Å². The molecule has 1 saturated heterocycles. The third-order valence-corrected chi connectivity index (χ3v) is 6.40. The Morgan fingerprint density at radius 2 is 1.69 bits per heavy atom. The molecule has 3 aliphatic rings. The molecule has 3 atom stereocenters. The molecule has 1 aliphatic carbocycles. The number of imide groups is 1. The summed E-state index contributed by atoms with van der Waals surface area (Å²) in [6, 6.07) is 14.3. The highest BCUT2D eigenvalue weighted by Gasteiger charge is 2.53. The normalized spacial score (nSPS) is 23.9. The van der Waals surface area contributed by atoms with Gasteiger partial charge in [-0.3, -0.25) is 14.9 Å². The number of rotatable bonds is 5. The van der Waals surface area contributed by atoms with Crippen LogP contribution >= 0.6 is 0 Å². The number of carbonyl (C=O) groups is 3. The van der Waals surface area contributed by atoms with Crippen LogP contribution in [0.1, 0.15) is 27.4 Å². The Morgan fingerprint density at radius 1 is 0.969 bits per heavy atom. The molecule has 2 aromatic rings. The number of carbonyl (C=O) groups excluding carboxylic acids is 3. The second-order valence-corrected chi connectivity index (χ2v) is 8.01. The van der Waals surface area contributed by atoms with E-state index >= 15 is 0 Å². The highest BCUT2D eigenvalue weighted by molar-refractivity contribution is 6.22. The largest absolute Gasteiger partial charge is 0.497 e. The molecular formula is C24H23N3O5. The molecule has 3 unspecified atom stereocenters. The van der Waals surface area contributed by atoms with Crippen LogP contribution in [0.25, 0.3) is 5.70 Å². The Morgan fingerprint density at radius 3 is 2.38 bits per heavy atom. The van der Waals surface area contributed by atoms with Crippen molar-refractivity contribution in [2.45, 2.75) is 12.1 Å². The van der Waals surface area contributed by atoms with E-state index in [0.29, 0.717) is 35.7 Å². The van der Waals surface area contributed by atoms with E-state index < -0.39 is 29.9 Å². The van der Waals surface area contributed by atoms with Gasteiger partial charge >= 0.3 is 6.03 Å². The minimum atomic E-state index is -0.685. The van der Waals surface area contributed by atoms with E-state index in [-0.39, 0.29) is 5.78 Å². The summed E-state index contributed by atoms with van der Waals surface area (Å²) >= 11 is 0. The average Bonchev–Trinajstić information content (AvgIpc) is 3.10. The molecule has 8 nitrogen and oxygen atoms in total. The van der Waals surface area contributed by atoms with Crippen molar-refractivity contribution in [2.75, 3.05) is 27.4 Å². The zero-order valence-corrected chi connectivity index (χ0v) is 17.8. The molecule has 2 N–H and O–H groups in total. The fraction of sp³-hybridized carbons (Fsp3) is 0.292. The second kappa shape index (κ2) is 7.80. The quantitative estimate of drug-likeness (QED) is 0.750. The lowest BCUT2D eigenvalue weighted by Gasteiger charge is -2.47. The zero-order valence-electron chi connectivity index (χ0n) is 17.8. The van der Waals surface area contributed by atoms with Crippen LogP contribution in [0.4, 0.5) is 4.79 Å². The topological polar surface area (TPSA) is 97.0 Å². The molecule has 2 heterocycles. The standard InChI is InChI=1S/C24H23N3O5/c1-31-12-11-27-22-19(23(29)26-24(27)30)17(13-7-9-14(32-2)10-8-13)18-20(25-22)15-5-3-4-6-16(15)21(18)28/h3-10,17,19,22,25H,11-12H2,1-2H3,(H,26,29,30). The minimum Gasteiger partial charge on any atom is -0.497 e. The first-order chi connectivity index (χ1) is 15.5. The predicted octanol–water partition coefficient (Wildman–Crippen LogP) is 2.13. The Bertz CT molecular complexity index is 1140. The first-order valence-corrected chi connectivity index (χ1v) is 10.4. The van der Waals surface area contributed by atoms with Crippen molar-refractivity contribution in [3.63, 3.8) is 0 Å². The van der Waals surface area contributed by atoms with Crippen LogP contribution in [0.2, 0.25) is 0 Å². The van der Waals surface area contributed by atoms with Gasteiger partial charge in [0, 0.05) is 36.3 Å². The summed E-state index contributed by atoms with van der Waals surface area (Å²) in [4.78, 5) is 40.9. The van der Waals surface area contributed by atoms with Gasteiger partial charge < -0.3 is 19.7 Å². The van der Waals surface area contributed by atoms with Crippen molar-refractivity contribution < 1.29 is 23.9 Å². The van der Waals surface area contributed by atoms with Crippen LogP contribution in [-0.4, -0.2) is 56.2 Å². The number of benzene rings is 2. The maximum Gasteiger partial charge on any atom is 0.325 e. The number of methoxy groups -OCH3 is 2. The lowest BCUT2D eigenvalue weighted by atomic mass is 9.73. The number of amides is 3. The molecule has 0 spiro atoms. The van der Waals surface area contributed by atoms with Gasteiger partial charge in [0.2, 0.25) is 5.91 Å². The fourth-order valence-corrected chi connectivity index (χ4v) is 4.92. The third-order valence-electron chi connectivity index (χ3n) is 6.40. The zero-order chi connectivity index (χ0) is 22.4. The number of nitrogens with one attached hydrogen (secondary N) is 2. The van der Waals surface area contributed by atoms with Crippen LogP contribution in [0.15, 0.2) is 54.1 Å². The molecular weight excluding hydrogens is 410 g/mol. The molecule has 1 fully saturated rings. The maximum atomic E-state index is 13.5. The van der Waals surface area contributed by atoms with Crippen LogP contribution in [0.5, 0.6) is 5.75 Å². The van der Waals surface area contributed by atoms with Crippen LogP contribution < -0.4 is 15.4 Å². The lowest BCUT2D eigenvalue weighted by Crippen LogP contribution is -2.67. The van der Waals surface area contributed by atoms with Gasteiger partial charge in [0.1, 0.15) is 11.9 Å². The van der Waals surface area contributed by atoms with Gasteiger partial charge in [-0.2, -0.15) is 0 Å². The molecule has 32 heavy (non-hydrogen) atoms. The number of urea groups is 1. The van der Waals surface area contributed by atoms with Gasteiger partial charge in [-0.25, -0.2) is 4.79 Å².